The predicted octanol–water partition coefficient (Wildman–Crippen LogP) is 3.69. The summed E-state index contributed by atoms with van der Waals surface area (Å²) in [5.74, 6) is 2.21. The highest BCUT2D eigenvalue weighted by molar-refractivity contribution is 4.92. The standard InChI is InChI=1S/C17H31N3/c1-3-18-16(10-9-15-7-5-4-6-8-15)11-12-17-19-13-14-20(17)2/h13-16,18H,3-12H2,1-2H3. The molecule has 0 spiro atoms. The lowest BCUT2D eigenvalue weighted by Crippen LogP contribution is -2.30. The molecule has 3 nitrogen and oxygen atoms in total. The van der Waals surface area contributed by atoms with E-state index < -0.39 is 0 Å². The van der Waals surface area contributed by atoms with Gasteiger partial charge >= 0.3 is 0 Å². The molecule has 0 aromatic carbocycles. The summed E-state index contributed by atoms with van der Waals surface area (Å²) in [4.78, 5) is 4.43. The molecule has 2 rings (SSSR count). The van der Waals surface area contributed by atoms with Crippen LogP contribution in [0.1, 0.15) is 64.1 Å². The smallest absolute Gasteiger partial charge is 0.108 e. The molecule has 114 valence electrons. The van der Waals surface area contributed by atoms with Crippen LogP contribution in [0, 0.1) is 5.92 Å². The van der Waals surface area contributed by atoms with Gasteiger partial charge in [-0.3, -0.25) is 0 Å². The Balaban J connectivity index is 1.73. The highest BCUT2D eigenvalue weighted by Crippen LogP contribution is 2.28. The molecule has 0 saturated heterocycles. The van der Waals surface area contributed by atoms with Crippen molar-refractivity contribution in [2.24, 2.45) is 13.0 Å². The second-order valence-electron chi connectivity index (χ2n) is 6.33. The molecule has 0 aliphatic heterocycles. The van der Waals surface area contributed by atoms with Gasteiger partial charge in [-0.25, -0.2) is 4.98 Å². The molecule has 0 radical (unpaired) electrons. The third-order valence-corrected chi connectivity index (χ3v) is 4.78. The molecule has 1 aromatic heterocycles. The zero-order valence-electron chi connectivity index (χ0n) is 13.3. The van der Waals surface area contributed by atoms with Crippen LogP contribution in [0.5, 0.6) is 0 Å². The number of rotatable bonds is 8. The van der Waals surface area contributed by atoms with E-state index in [2.05, 4.69) is 28.8 Å². The maximum Gasteiger partial charge on any atom is 0.108 e. The monoisotopic (exact) mass is 277 g/mol. The first-order valence-corrected chi connectivity index (χ1v) is 8.49. The van der Waals surface area contributed by atoms with E-state index in [0.717, 1.165) is 18.9 Å². The summed E-state index contributed by atoms with van der Waals surface area (Å²) in [6.45, 7) is 3.30. The Morgan fingerprint density at radius 1 is 1.30 bits per heavy atom. The fourth-order valence-electron chi connectivity index (χ4n) is 3.49. The quantitative estimate of drug-likeness (QED) is 0.785. The first-order chi connectivity index (χ1) is 9.79. The molecule has 1 heterocycles. The van der Waals surface area contributed by atoms with Gasteiger partial charge in [-0.1, -0.05) is 39.0 Å². The Morgan fingerprint density at radius 2 is 2.10 bits per heavy atom. The van der Waals surface area contributed by atoms with E-state index in [1.807, 2.05) is 12.4 Å². The number of hydrogen-bond acceptors (Lipinski definition) is 2. The fourth-order valence-corrected chi connectivity index (χ4v) is 3.49. The zero-order chi connectivity index (χ0) is 14.2. The summed E-state index contributed by atoms with van der Waals surface area (Å²) < 4.78 is 2.14. The molecule has 3 heteroatoms. The van der Waals surface area contributed by atoms with Crippen LogP contribution in [0.2, 0.25) is 0 Å². The Kier molecular flexibility index (Phi) is 6.58. The number of aryl methyl sites for hydroxylation is 2. The predicted molar refractivity (Wildman–Crippen MR) is 84.8 cm³/mol. The van der Waals surface area contributed by atoms with Crippen molar-refractivity contribution >= 4 is 0 Å². The molecule has 1 saturated carbocycles. The third-order valence-electron chi connectivity index (χ3n) is 4.78. The molecule has 1 fully saturated rings. The van der Waals surface area contributed by atoms with Crippen molar-refractivity contribution in [2.45, 2.75) is 70.8 Å². The van der Waals surface area contributed by atoms with E-state index in [1.165, 1.54) is 57.2 Å². The van der Waals surface area contributed by atoms with E-state index >= 15 is 0 Å². The lowest BCUT2D eigenvalue weighted by molar-refractivity contribution is 0.309. The van der Waals surface area contributed by atoms with Crippen LogP contribution in [-0.4, -0.2) is 22.1 Å². The topological polar surface area (TPSA) is 29.9 Å². The van der Waals surface area contributed by atoms with Gasteiger partial charge in [0.05, 0.1) is 0 Å². The minimum atomic E-state index is 0.665. The Hall–Kier alpha value is -0.830. The summed E-state index contributed by atoms with van der Waals surface area (Å²) >= 11 is 0. The highest BCUT2D eigenvalue weighted by Gasteiger charge is 2.16. The van der Waals surface area contributed by atoms with Gasteiger partial charge in [0.25, 0.3) is 0 Å². The van der Waals surface area contributed by atoms with Crippen LogP contribution in [0.25, 0.3) is 0 Å². The van der Waals surface area contributed by atoms with Crippen molar-refractivity contribution in [1.82, 2.24) is 14.9 Å². The van der Waals surface area contributed by atoms with Crippen LogP contribution >= 0.6 is 0 Å². The molecule has 0 amide bonds. The molecule has 1 aliphatic rings. The third kappa shape index (κ3) is 4.93. The van der Waals surface area contributed by atoms with Crippen LogP contribution < -0.4 is 5.32 Å². The summed E-state index contributed by atoms with van der Waals surface area (Å²) in [7, 11) is 2.09. The van der Waals surface area contributed by atoms with E-state index in [9.17, 15) is 0 Å². The molecular weight excluding hydrogens is 246 g/mol. The van der Waals surface area contributed by atoms with Crippen molar-refractivity contribution in [3.05, 3.63) is 18.2 Å². The van der Waals surface area contributed by atoms with Gasteiger partial charge < -0.3 is 9.88 Å². The molecular formula is C17H31N3. The number of aromatic nitrogens is 2. The Labute approximate surface area is 124 Å². The minimum Gasteiger partial charge on any atom is -0.338 e. The van der Waals surface area contributed by atoms with Crippen molar-refractivity contribution in [1.29, 1.82) is 0 Å². The summed E-state index contributed by atoms with van der Waals surface area (Å²) in [6, 6.07) is 0.665. The van der Waals surface area contributed by atoms with E-state index in [1.54, 1.807) is 0 Å². The Bertz CT molecular complexity index is 366. The number of nitrogens with zero attached hydrogens (tertiary/aromatic N) is 2. The SMILES string of the molecule is CCNC(CCc1nccn1C)CCC1CCCCC1. The highest BCUT2D eigenvalue weighted by atomic mass is 15.0. The number of imidazole rings is 1. The van der Waals surface area contributed by atoms with Crippen molar-refractivity contribution in [3.63, 3.8) is 0 Å². The van der Waals surface area contributed by atoms with Gasteiger partial charge in [-0.2, -0.15) is 0 Å². The van der Waals surface area contributed by atoms with Gasteiger partial charge in [0, 0.05) is 31.9 Å². The summed E-state index contributed by atoms with van der Waals surface area (Å²) in [5.41, 5.74) is 0. The van der Waals surface area contributed by atoms with Crippen LogP contribution in [0.3, 0.4) is 0 Å². The first-order valence-electron chi connectivity index (χ1n) is 8.49. The average molecular weight is 277 g/mol. The van der Waals surface area contributed by atoms with Gasteiger partial charge in [-0.15, -0.1) is 0 Å². The lowest BCUT2D eigenvalue weighted by atomic mass is 9.85. The Morgan fingerprint density at radius 3 is 2.75 bits per heavy atom. The molecule has 0 bridgehead atoms. The fraction of sp³-hybridized carbons (Fsp3) is 0.824. The van der Waals surface area contributed by atoms with E-state index in [0.29, 0.717) is 6.04 Å². The summed E-state index contributed by atoms with van der Waals surface area (Å²) in [6.07, 6.45) is 16.3. The van der Waals surface area contributed by atoms with Gasteiger partial charge in [0.1, 0.15) is 5.82 Å². The second kappa shape index (κ2) is 8.46. The van der Waals surface area contributed by atoms with E-state index in [4.69, 9.17) is 0 Å². The second-order valence-corrected chi connectivity index (χ2v) is 6.33. The zero-order valence-corrected chi connectivity index (χ0v) is 13.3. The van der Waals surface area contributed by atoms with Crippen LogP contribution in [0.4, 0.5) is 0 Å². The van der Waals surface area contributed by atoms with Crippen molar-refractivity contribution in [2.75, 3.05) is 6.54 Å². The normalized spacial score (nSPS) is 18.3. The van der Waals surface area contributed by atoms with Gasteiger partial charge in [0.2, 0.25) is 0 Å². The molecule has 1 aliphatic carbocycles. The van der Waals surface area contributed by atoms with Crippen molar-refractivity contribution < 1.29 is 0 Å². The first kappa shape index (κ1) is 15.6. The molecule has 1 atom stereocenters. The number of hydrogen-bond donors (Lipinski definition) is 1. The molecule has 1 unspecified atom stereocenters. The minimum absolute atomic E-state index is 0.665. The number of nitrogens with one attached hydrogen (secondary N) is 1. The van der Waals surface area contributed by atoms with Crippen LogP contribution in [0.15, 0.2) is 12.4 Å². The van der Waals surface area contributed by atoms with Gasteiger partial charge in [-0.05, 0) is 31.7 Å². The average Bonchev–Trinajstić information content (AvgIpc) is 2.88. The molecule has 1 aromatic rings. The summed E-state index contributed by atoms with van der Waals surface area (Å²) in [5, 5.41) is 3.67. The molecule has 20 heavy (non-hydrogen) atoms. The maximum absolute atomic E-state index is 4.43. The van der Waals surface area contributed by atoms with Gasteiger partial charge in [0.15, 0.2) is 0 Å². The molecule has 1 N–H and O–H groups in total. The lowest BCUT2D eigenvalue weighted by Gasteiger charge is -2.24. The maximum atomic E-state index is 4.43. The van der Waals surface area contributed by atoms with Crippen LogP contribution in [-0.2, 0) is 13.5 Å². The van der Waals surface area contributed by atoms with E-state index in [-0.39, 0.29) is 0 Å². The van der Waals surface area contributed by atoms with Crippen molar-refractivity contribution in [3.8, 4) is 0 Å². The largest absolute Gasteiger partial charge is 0.338 e.